The van der Waals surface area contributed by atoms with E-state index < -0.39 is 0 Å². The molecule has 0 saturated heterocycles. The lowest BCUT2D eigenvalue weighted by Gasteiger charge is -2.15. The van der Waals surface area contributed by atoms with Crippen molar-refractivity contribution < 1.29 is 9.53 Å². The van der Waals surface area contributed by atoms with E-state index >= 15 is 0 Å². The molecule has 4 aromatic rings. The normalized spacial score (nSPS) is 10.8. The van der Waals surface area contributed by atoms with Gasteiger partial charge in [-0.1, -0.05) is 24.3 Å². The Labute approximate surface area is 180 Å². The molecular weight excluding hydrogens is 390 g/mol. The molecule has 1 N–H and O–H groups in total. The first-order valence-electron chi connectivity index (χ1n) is 10.1. The van der Waals surface area contributed by atoms with Gasteiger partial charge in [0.05, 0.1) is 28.8 Å². The van der Waals surface area contributed by atoms with Crippen LogP contribution in [0, 0.1) is 13.8 Å². The van der Waals surface area contributed by atoms with E-state index in [4.69, 9.17) is 4.74 Å². The quantitative estimate of drug-likeness (QED) is 0.517. The van der Waals surface area contributed by atoms with Gasteiger partial charge in [-0.25, -0.2) is 4.98 Å². The zero-order valence-corrected chi connectivity index (χ0v) is 17.7. The highest BCUT2D eigenvalue weighted by Gasteiger charge is 2.15. The van der Waals surface area contributed by atoms with Crippen LogP contribution in [0.15, 0.2) is 71.5 Å². The number of para-hydroxylation sites is 2. The highest BCUT2D eigenvalue weighted by Crippen LogP contribution is 2.23. The van der Waals surface area contributed by atoms with E-state index in [1.807, 2.05) is 57.2 Å². The number of anilines is 1. The fourth-order valence-electron chi connectivity index (χ4n) is 3.60. The number of carbonyl (C=O) groups excluding carboxylic acids is 1. The first-order chi connectivity index (χ1) is 15.0. The second kappa shape index (κ2) is 8.44. The molecule has 0 atom stereocenters. The number of aryl methyl sites for hydroxylation is 2. The van der Waals surface area contributed by atoms with E-state index in [2.05, 4.69) is 10.3 Å². The Morgan fingerprint density at radius 1 is 1.03 bits per heavy atom. The summed E-state index contributed by atoms with van der Waals surface area (Å²) >= 11 is 0. The maximum Gasteiger partial charge on any atom is 0.265 e. The molecule has 3 aromatic carbocycles. The zero-order valence-electron chi connectivity index (χ0n) is 17.7. The fourth-order valence-corrected chi connectivity index (χ4v) is 3.60. The molecule has 1 amide bonds. The van der Waals surface area contributed by atoms with E-state index in [9.17, 15) is 9.59 Å². The molecule has 0 fully saturated rings. The summed E-state index contributed by atoms with van der Waals surface area (Å²) in [6.45, 7) is 6.06. The van der Waals surface area contributed by atoms with Crippen LogP contribution in [-0.4, -0.2) is 22.1 Å². The molecule has 0 aliphatic carbocycles. The maximum absolute atomic E-state index is 13.0. The average Bonchev–Trinajstić information content (AvgIpc) is 2.76. The monoisotopic (exact) mass is 413 g/mol. The largest absolute Gasteiger partial charge is 0.493 e. The SMILES string of the molecule is CCOc1ccccc1C(=O)Nc1ccc(-n2c(C)nc3ccccc3c2=O)cc1C. The molecule has 0 bridgehead atoms. The summed E-state index contributed by atoms with van der Waals surface area (Å²) in [6.07, 6.45) is 0. The van der Waals surface area contributed by atoms with Gasteiger partial charge in [0.2, 0.25) is 0 Å². The Morgan fingerprint density at radius 3 is 2.55 bits per heavy atom. The molecule has 31 heavy (non-hydrogen) atoms. The molecule has 0 saturated carbocycles. The summed E-state index contributed by atoms with van der Waals surface area (Å²) in [6, 6.07) is 19.9. The van der Waals surface area contributed by atoms with Gasteiger partial charge in [0.15, 0.2) is 0 Å². The minimum absolute atomic E-state index is 0.120. The number of hydrogen-bond donors (Lipinski definition) is 1. The highest BCUT2D eigenvalue weighted by molar-refractivity contribution is 6.06. The summed E-state index contributed by atoms with van der Waals surface area (Å²) in [7, 11) is 0. The third-order valence-corrected chi connectivity index (χ3v) is 5.09. The predicted octanol–water partition coefficient (Wildman–Crippen LogP) is 4.65. The highest BCUT2D eigenvalue weighted by atomic mass is 16.5. The van der Waals surface area contributed by atoms with Crippen molar-refractivity contribution in [1.29, 1.82) is 0 Å². The van der Waals surface area contributed by atoms with Crippen LogP contribution in [0.4, 0.5) is 5.69 Å². The number of benzene rings is 3. The van der Waals surface area contributed by atoms with Crippen LogP contribution in [0.25, 0.3) is 16.6 Å². The summed E-state index contributed by atoms with van der Waals surface area (Å²) in [5.41, 5.74) is 3.23. The lowest BCUT2D eigenvalue weighted by Crippen LogP contribution is -2.22. The van der Waals surface area contributed by atoms with Gasteiger partial charge in [0.1, 0.15) is 11.6 Å². The van der Waals surface area contributed by atoms with Crippen LogP contribution in [0.2, 0.25) is 0 Å². The molecule has 6 heteroatoms. The van der Waals surface area contributed by atoms with Gasteiger partial charge in [-0.15, -0.1) is 0 Å². The lowest BCUT2D eigenvalue weighted by atomic mass is 10.1. The van der Waals surface area contributed by atoms with Crippen LogP contribution in [0.5, 0.6) is 5.75 Å². The smallest absolute Gasteiger partial charge is 0.265 e. The minimum Gasteiger partial charge on any atom is -0.493 e. The first-order valence-corrected chi connectivity index (χ1v) is 10.1. The molecule has 6 nitrogen and oxygen atoms in total. The third-order valence-electron chi connectivity index (χ3n) is 5.09. The Balaban J connectivity index is 1.68. The molecule has 4 rings (SSSR count). The van der Waals surface area contributed by atoms with Crippen molar-refractivity contribution in [3.05, 3.63) is 94.0 Å². The van der Waals surface area contributed by atoms with Crippen LogP contribution in [0.3, 0.4) is 0 Å². The van der Waals surface area contributed by atoms with Gasteiger partial charge in [0.25, 0.3) is 11.5 Å². The molecule has 156 valence electrons. The number of aromatic nitrogens is 2. The van der Waals surface area contributed by atoms with E-state index in [0.717, 1.165) is 5.56 Å². The zero-order chi connectivity index (χ0) is 22.0. The molecule has 1 heterocycles. The second-order valence-electron chi connectivity index (χ2n) is 7.20. The summed E-state index contributed by atoms with van der Waals surface area (Å²) in [5.74, 6) is 0.896. The van der Waals surface area contributed by atoms with Gasteiger partial charge < -0.3 is 10.1 Å². The van der Waals surface area contributed by atoms with Gasteiger partial charge >= 0.3 is 0 Å². The van der Waals surface area contributed by atoms with Crippen molar-refractivity contribution in [3.8, 4) is 11.4 Å². The van der Waals surface area contributed by atoms with Crippen LogP contribution >= 0.6 is 0 Å². The Kier molecular flexibility index (Phi) is 5.54. The van der Waals surface area contributed by atoms with Crippen LogP contribution in [-0.2, 0) is 0 Å². The number of amides is 1. The molecule has 1 aromatic heterocycles. The lowest BCUT2D eigenvalue weighted by molar-refractivity contribution is 0.102. The van der Waals surface area contributed by atoms with Crippen molar-refractivity contribution in [2.45, 2.75) is 20.8 Å². The van der Waals surface area contributed by atoms with Crippen molar-refractivity contribution in [2.75, 3.05) is 11.9 Å². The van der Waals surface area contributed by atoms with Crippen molar-refractivity contribution in [1.82, 2.24) is 9.55 Å². The summed E-state index contributed by atoms with van der Waals surface area (Å²) in [4.78, 5) is 30.4. The number of carbonyl (C=O) groups is 1. The molecule has 0 aliphatic heterocycles. The molecule has 0 radical (unpaired) electrons. The Bertz CT molecular complexity index is 1340. The number of rotatable bonds is 5. The van der Waals surface area contributed by atoms with E-state index in [0.29, 0.717) is 46.0 Å². The number of hydrogen-bond acceptors (Lipinski definition) is 4. The third kappa shape index (κ3) is 3.92. The van der Waals surface area contributed by atoms with Crippen LogP contribution < -0.4 is 15.6 Å². The Hall–Kier alpha value is -3.93. The van der Waals surface area contributed by atoms with Gasteiger partial charge in [-0.2, -0.15) is 0 Å². The first kappa shape index (κ1) is 20.3. The number of nitrogens with one attached hydrogen (secondary N) is 1. The topological polar surface area (TPSA) is 73.2 Å². The number of ether oxygens (including phenoxy) is 1. The van der Waals surface area contributed by atoms with E-state index in [1.165, 1.54) is 0 Å². The Morgan fingerprint density at radius 2 is 1.77 bits per heavy atom. The van der Waals surface area contributed by atoms with E-state index in [1.54, 1.807) is 34.9 Å². The van der Waals surface area contributed by atoms with Crippen molar-refractivity contribution in [3.63, 3.8) is 0 Å². The van der Waals surface area contributed by atoms with Gasteiger partial charge in [-0.05, 0) is 68.8 Å². The maximum atomic E-state index is 13.0. The second-order valence-corrected chi connectivity index (χ2v) is 7.20. The van der Waals surface area contributed by atoms with Gasteiger partial charge in [-0.3, -0.25) is 14.2 Å². The fraction of sp³-hybridized carbons (Fsp3) is 0.160. The number of nitrogens with zero attached hydrogens (tertiary/aromatic N) is 2. The molecular formula is C25H23N3O3. The average molecular weight is 413 g/mol. The summed E-state index contributed by atoms with van der Waals surface area (Å²) < 4.78 is 7.15. The van der Waals surface area contributed by atoms with Crippen molar-refractivity contribution >= 4 is 22.5 Å². The van der Waals surface area contributed by atoms with E-state index in [-0.39, 0.29) is 11.5 Å². The number of fused-ring (bicyclic) bond motifs is 1. The molecule has 0 aliphatic rings. The standard InChI is InChI=1S/C25H23N3O3/c1-4-31-23-12-8-6-10-20(23)24(29)27-21-14-13-18(15-16(21)2)28-17(3)26-22-11-7-5-9-19(22)25(28)30/h5-15H,4H2,1-3H3,(H,27,29). The van der Waals surface area contributed by atoms with Crippen molar-refractivity contribution in [2.24, 2.45) is 0 Å². The molecule has 0 unspecified atom stereocenters. The van der Waals surface area contributed by atoms with Crippen LogP contribution in [0.1, 0.15) is 28.7 Å². The summed E-state index contributed by atoms with van der Waals surface area (Å²) in [5, 5.41) is 3.51. The minimum atomic E-state index is -0.249. The molecule has 0 spiro atoms. The van der Waals surface area contributed by atoms with Gasteiger partial charge in [0, 0.05) is 5.69 Å². The predicted molar refractivity (Wildman–Crippen MR) is 122 cm³/mol.